The van der Waals surface area contributed by atoms with E-state index in [2.05, 4.69) is 5.32 Å². The van der Waals surface area contributed by atoms with Gasteiger partial charge < -0.3 is 11.1 Å². The molecule has 1 aliphatic carbocycles. The number of nitrogens with one attached hydrogen (secondary N) is 1. The molecule has 0 aromatic heterocycles. The van der Waals surface area contributed by atoms with E-state index in [1.54, 1.807) is 6.07 Å². The average Bonchev–Trinajstić information content (AvgIpc) is 2.82. The summed E-state index contributed by atoms with van der Waals surface area (Å²) in [5.41, 5.74) is 7.12. The van der Waals surface area contributed by atoms with Crippen LogP contribution in [0.25, 0.3) is 0 Å². The van der Waals surface area contributed by atoms with E-state index in [0.717, 1.165) is 18.0 Å². The summed E-state index contributed by atoms with van der Waals surface area (Å²) < 4.78 is 0. The number of benzene rings is 1. The monoisotopic (exact) mass is 232 g/mol. The molecule has 1 aliphatic rings. The predicted molar refractivity (Wildman–Crippen MR) is 70.7 cm³/mol. The maximum absolute atomic E-state index is 11.8. The zero-order chi connectivity index (χ0) is 12.1. The van der Waals surface area contributed by atoms with Crippen LogP contribution in [0, 0.1) is 5.92 Å². The van der Waals surface area contributed by atoms with E-state index in [1.807, 2.05) is 18.2 Å². The molecular weight excluding hydrogens is 212 g/mol. The molecule has 3 nitrogen and oxygen atoms in total. The summed E-state index contributed by atoms with van der Waals surface area (Å²) in [6, 6.07) is 7.38. The molecule has 2 rings (SSSR count). The Bertz CT molecular complexity index is 384. The molecular formula is C14H20N2O. The van der Waals surface area contributed by atoms with Crippen LogP contribution in [0.4, 0.5) is 11.4 Å². The summed E-state index contributed by atoms with van der Waals surface area (Å²) in [4.78, 5) is 11.8. The minimum atomic E-state index is 0.0785. The average molecular weight is 232 g/mol. The third-order valence-corrected chi connectivity index (χ3v) is 3.49. The van der Waals surface area contributed by atoms with Gasteiger partial charge in [-0.3, -0.25) is 4.79 Å². The second-order valence-corrected chi connectivity index (χ2v) is 4.82. The standard InChI is InChI=1S/C14H20N2O/c15-12-7-3-4-8-13(12)16-14(17)10-9-11-5-1-2-6-11/h3-4,7-8,11H,1-2,5-6,9-10,15H2,(H,16,17). The molecule has 1 amide bonds. The van der Waals surface area contributed by atoms with Gasteiger partial charge in [0.05, 0.1) is 11.4 Å². The number of nitrogens with two attached hydrogens (primary N) is 1. The molecule has 3 N–H and O–H groups in total. The fraction of sp³-hybridized carbons (Fsp3) is 0.500. The van der Waals surface area contributed by atoms with Gasteiger partial charge in [0.25, 0.3) is 0 Å². The van der Waals surface area contributed by atoms with Crippen molar-refractivity contribution in [3.05, 3.63) is 24.3 Å². The Morgan fingerprint density at radius 2 is 2.00 bits per heavy atom. The van der Waals surface area contributed by atoms with Crippen LogP contribution >= 0.6 is 0 Å². The highest BCUT2D eigenvalue weighted by molar-refractivity contribution is 5.93. The van der Waals surface area contributed by atoms with E-state index >= 15 is 0 Å². The lowest BCUT2D eigenvalue weighted by Gasteiger charge is -2.10. The third kappa shape index (κ3) is 3.48. The first-order valence-electron chi connectivity index (χ1n) is 6.40. The van der Waals surface area contributed by atoms with Gasteiger partial charge in [-0.25, -0.2) is 0 Å². The molecule has 1 aromatic rings. The van der Waals surface area contributed by atoms with Crippen molar-refractivity contribution in [1.29, 1.82) is 0 Å². The molecule has 3 heteroatoms. The first-order valence-corrected chi connectivity index (χ1v) is 6.40. The molecule has 0 radical (unpaired) electrons. The van der Waals surface area contributed by atoms with E-state index in [9.17, 15) is 4.79 Å². The van der Waals surface area contributed by atoms with Crippen LogP contribution in [-0.2, 0) is 4.79 Å². The maximum atomic E-state index is 11.8. The first-order chi connectivity index (χ1) is 8.25. The molecule has 92 valence electrons. The molecule has 0 heterocycles. The first kappa shape index (κ1) is 12.0. The molecule has 1 fully saturated rings. The van der Waals surface area contributed by atoms with Crippen molar-refractivity contribution in [3.63, 3.8) is 0 Å². The fourth-order valence-electron chi connectivity index (χ4n) is 2.46. The van der Waals surface area contributed by atoms with Gasteiger partial charge in [-0.2, -0.15) is 0 Å². The minimum absolute atomic E-state index is 0.0785. The number of para-hydroxylation sites is 2. The van der Waals surface area contributed by atoms with Crippen molar-refractivity contribution in [2.45, 2.75) is 38.5 Å². The number of anilines is 2. The van der Waals surface area contributed by atoms with Crippen LogP contribution in [0.2, 0.25) is 0 Å². The lowest BCUT2D eigenvalue weighted by Crippen LogP contribution is -2.13. The number of amides is 1. The van der Waals surface area contributed by atoms with Crippen molar-refractivity contribution in [2.24, 2.45) is 5.92 Å². The van der Waals surface area contributed by atoms with Gasteiger partial charge in [0.2, 0.25) is 5.91 Å². The molecule has 1 saturated carbocycles. The Morgan fingerprint density at radius 1 is 1.29 bits per heavy atom. The number of hydrogen-bond donors (Lipinski definition) is 2. The van der Waals surface area contributed by atoms with Gasteiger partial charge in [0.15, 0.2) is 0 Å². The summed E-state index contributed by atoms with van der Waals surface area (Å²) in [6.45, 7) is 0. The number of carbonyl (C=O) groups is 1. The highest BCUT2D eigenvalue weighted by atomic mass is 16.1. The zero-order valence-corrected chi connectivity index (χ0v) is 10.1. The van der Waals surface area contributed by atoms with E-state index in [-0.39, 0.29) is 5.91 Å². The van der Waals surface area contributed by atoms with Crippen LogP contribution in [0.1, 0.15) is 38.5 Å². The van der Waals surface area contributed by atoms with Crippen LogP contribution in [-0.4, -0.2) is 5.91 Å². The van der Waals surface area contributed by atoms with Gasteiger partial charge in [-0.1, -0.05) is 37.8 Å². The quantitative estimate of drug-likeness (QED) is 0.783. The smallest absolute Gasteiger partial charge is 0.224 e. The minimum Gasteiger partial charge on any atom is -0.397 e. The van der Waals surface area contributed by atoms with E-state index in [1.165, 1.54) is 25.7 Å². The topological polar surface area (TPSA) is 55.1 Å². The van der Waals surface area contributed by atoms with Crippen molar-refractivity contribution >= 4 is 17.3 Å². The lowest BCUT2D eigenvalue weighted by atomic mass is 10.0. The fourth-order valence-corrected chi connectivity index (χ4v) is 2.46. The van der Waals surface area contributed by atoms with Crippen molar-refractivity contribution < 1.29 is 4.79 Å². The summed E-state index contributed by atoms with van der Waals surface area (Å²) in [5.74, 6) is 0.837. The van der Waals surface area contributed by atoms with Crippen molar-refractivity contribution in [3.8, 4) is 0 Å². The lowest BCUT2D eigenvalue weighted by molar-refractivity contribution is -0.116. The highest BCUT2D eigenvalue weighted by Crippen LogP contribution is 2.28. The zero-order valence-electron chi connectivity index (χ0n) is 10.1. The molecule has 0 unspecified atom stereocenters. The van der Waals surface area contributed by atoms with Gasteiger partial charge in [0.1, 0.15) is 0 Å². The highest BCUT2D eigenvalue weighted by Gasteiger charge is 2.16. The van der Waals surface area contributed by atoms with Crippen LogP contribution in [0.15, 0.2) is 24.3 Å². The van der Waals surface area contributed by atoms with Crippen molar-refractivity contribution in [2.75, 3.05) is 11.1 Å². The van der Waals surface area contributed by atoms with E-state index in [4.69, 9.17) is 5.73 Å². The summed E-state index contributed by atoms with van der Waals surface area (Å²) in [5, 5.41) is 2.87. The summed E-state index contributed by atoms with van der Waals surface area (Å²) in [6.07, 6.45) is 6.87. The van der Waals surface area contributed by atoms with Crippen LogP contribution in [0.3, 0.4) is 0 Å². The van der Waals surface area contributed by atoms with Gasteiger partial charge in [-0.05, 0) is 24.5 Å². The molecule has 0 atom stereocenters. The molecule has 1 aromatic carbocycles. The van der Waals surface area contributed by atoms with Crippen molar-refractivity contribution in [1.82, 2.24) is 0 Å². The largest absolute Gasteiger partial charge is 0.397 e. The maximum Gasteiger partial charge on any atom is 0.224 e. The number of hydrogen-bond acceptors (Lipinski definition) is 2. The second kappa shape index (κ2) is 5.71. The van der Waals surface area contributed by atoms with Gasteiger partial charge in [-0.15, -0.1) is 0 Å². The molecule has 0 saturated heterocycles. The Kier molecular flexibility index (Phi) is 4.02. The Labute approximate surface area is 102 Å². The Morgan fingerprint density at radius 3 is 2.71 bits per heavy atom. The van der Waals surface area contributed by atoms with E-state index < -0.39 is 0 Å². The molecule has 0 aliphatic heterocycles. The number of rotatable bonds is 4. The van der Waals surface area contributed by atoms with Crippen LogP contribution in [0.5, 0.6) is 0 Å². The van der Waals surface area contributed by atoms with Gasteiger partial charge in [0, 0.05) is 6.42 Å². The Balaban J connectivity index is 1.79. The second-order valence-electron chi connectivity index (χ2n) is 4.82. The molecule has 0 bridgehead atoms. The van der Waals surface area contributed by atoms with E-state index in [0.29, 0.717) is 12.1 Å². The van der Waals surface area contributed by atoms with Gasteiger partial charge >= 0.3 is 0 Å². The normalized spacial score (nSPS) is 16.0. The number of nitrogen functional groups attached to an aromatic ring is 1. The van der Waals surface area contributed by atoms with Crippen LogP contribution < -0.4 is 11.1 Å². The molecule has 17 heavy (non-hydrogen) atoms. The SMILES string of the molecule is Nc1ccccc1NC(=O)CCC1CCCC1. The summed E-state index contributed by atoms with van der Waals surface area (Å²) in [7, 11) is 0. The molecule has 0 spiro atoms. The predicted octanol–water partition coefficient (Wildman–Crippen LogP) is 3.18. The number of carbonyl (C=O) groups excluding carboxylic acids is 1. The summed E-state index contributed by atoms with van der Waals surface area (Å²) >= 11 is 0. The third-order valence-electron chi connectivity index (χ3n) is 3.49. The Hall–Kier alpha value is -1.51.